The van der Waals surface area contributed by atoms with E-state index in [9.17, 15) is 34.5 Å². The van der Waals surface area contributed by atoms with Crippen molar-refractivity contribution in [2.75, 3.05) is 7.11 Å². The maximum atomic E-state index is 12.7. The van der Waals surface area contributed by atoms with Crippen molar-refractivity contribution in [1.82, 2.24) is 0 Å². The number of methoxy groups -OCH3 is 1. The van der Waals surface area contributed by atoms with Crippen LogP contribution in [-0.4, -0.2) is 76.5 Å². The molecular formula is C31H48O11. The van der Waals surface area contributed by atoms with Crippen molar-refractivity contribution >= 4 is 23.9 Å². The molecule has 4 aliphatic carbocycles. The van der Waals surface area contributed by atoms with Gasteiger partial charge in [0.1, 0.15) is 0 Å². The molecule has 4 aliphatic rings. The van der Waals surface area contributed by atoms with E-state index in [1.807, 2.05) is 6.92 Å². The smallest absolute Gasteiger partial charge is 0.306 e. The number of hydrogen-bond donors (Lipinski definition) is 3. The van der Waals surface area contributed by atoms with Gasteiger partial charge < -0.3 is 34.3 Å². The van der Waals surface area contributed by atoms with Crippen LogP contribution < -0.4 is 0 Å². The van der Waals surface area contributed by atoms with Gasteiger partial charge >= 0.3 is 29.7 Å². The third-order valence-corrected chi connectivity index (χ3v) is 11.7. The van der Waals surface area contributed by atoms with Gasteiger partial charge in [-0.3, -0.25) is 19.2 Å². The van der Waals surface area contributed by atoms with Crippen molar-refractivity contribution in [3.05, 3.63) is 0 Å². The maximum absolute atomic E-state index is 12.7. The molecule has 42 heavy (non-hydrogen) atoms. The van der Waals surface area contributed by atoms with E-state index in [2.05, 4.69) is 13.8 Å². The second kappa shape index (κ2) is 11.7. The molecule has 12 unspecified atom stereocenters. The van der Waals surface area contributed by atoms with Crippen molar-refractivity contribution in [3.63, 3.8) is 0 Å². The molecule has 0 aromatic heterocycles. The number of hydrogen-bond acceptors (Lipinski definition) is 11. The van der Waals surface area contributed by atoms with E-state index in [-0.39, 0.29) is 55.3 Å². The summed E-state index contributed by atoms with van der Waals surface area (Å²) in [5.41, 5.74) is -1.78. The Labute approximate surface area is 247 Å². The Balaban J connectivity index is 1.81. The molecule has 4 rings (SSSR count). The third-order valence-electron chi connectivity index (χ3n) is 11.7. The van der Waals surface area contributed by atoms with E-state index in [0.717, 1.165) is 33.6 Å². The van der Waals surface area contributed by atoms with E-state index in [1.54, 1.807) is 0 Å². The molecule has 4 fully saturated rings. The van der Waals surface area contributed by atoms with Crippen LogP contribution in [0, 0.1) is 46.3 Å². The van der Waals surface area contributed by atoms with Gasteiger partial charge in [-0.05, 0) is 79.4 Å². The summed E-state index contributed by atoms with van der Waals surface area (Å²) >= 11 is 0. The quantitative estimate of drug-likeness (QED) is 0.225. The standard InChI is InChI=1S/C31H48O11/c1-15(8-11-26(38)39-7)20-9-10-21-27-22(14-25(37)29(20,21)5)30(6)19(12-23(27)35)13-24(36)28(40-16(2)32)31(30,41-17(3)33)42-18(4)34/h15,19-25,27-28,35-37H,8-14H2,1-7H3. The van der Waals surface area contributed by atoms with Crippen LogP contribution in [0.1, 0.15) is 86.5 Å². The summed E-state index contributed by atoms with van der Waals surface area (Å²) in [4.78, 5) is 49.4. The summed E-state index contributed by atoms with van der Waals surface area (Å²) < 4.78 is 22.2. The highest BCUT2D eigenvalue weighted by atomic mass is 16.8. The molecule has 0 aliphatic heterocycles. The van der Waals surface area contributed by atoms with E-state index in [4.69, 9.17) is 18.9 Å². The summed E-state index contributed by atoms with van der Waals surface area (Å²) in [6.45, 7) is 9.47. The first-order chi connectivity index (χ1) is 19.5. The summed E-state index contributed by atoms with van der Waals surface area (Å²) in [5, 5.41) is 35.0. The molecule has 0 spiro atoms. The highest BCUT2D eigenvalue weighted by Crippen LogP contribution is 2.70. The molecule has 0 aromatic rings. The zero-order valence-electron chi connectivity index (χ0n) is 25.8. The first kappa shape index (κ1) is 32.7. The van der Waals surface area contributed by atoms with E-state index in [0.29, 0.717) is 6.42 Å². The predicted octanol–water partition coefficient (Wildman–Crippen LogP) is 2.51. The van der Waals surface area contributed by atoms with Crippen LogP contribution in [0.4, 0.5) is 0 Å². The Morgan fingerprint density at radius 3 is 2.00 bits per heavy atom. The molecule has 3 N–H and O–H groups in total. The first-order valence-electron chi connectivity index (χ1n) is 15.2. The molecule has 0 saturated heterocycles. The van der Waals surface area contributed by atoms with Gasteiger partial charge in [0.05, 0.1) is 30.8 Å². The molecule has 11 heteroatoms. The fourth-order valence-corrected chi connectivity index (χ4v) is 9.99. The minimum atomic E-state index is -2.18. The monoisotopic (exact) mass is 596 g/mol. The van der Waals surface area contributed by atoms with Crippen molar-refractivity contribution in [2.45, 2.75) is 117 Å². The number of rotatable bonds is 7. The lowest BCUT2D eigenvalue weighted by Crippen LogP contribution is -2.76. The van der Waals surface area contributed by atoms with Crippen LogP contribution in [0.2, 0.25) is 0 Å². The lowest BCUT2D eigenvalue weighted by molar-refractivity contribution is -0.376. The average Bonchev–Trinajstić information content (AvgIpc) is 3.25. The largest absolute Gasteiger partial charge is 0.469 e. The van der Waals surface area contributed by atoms with Gasteiger partial charge in [0.15, 0.2) is 0 Å². The predicted molar refractivity (Wildman–Crippen MR) is 147 cm³/mol. The Morgan fingerprint density at radius 1 is 0.857 bits per heavy atom. The minimum Gasteiger partial charge on any atom is -0.469 e. The van der Waals surface area contributed by atoms with Gasteiger partial charge in [-0.25, -0.2) is 0 Å². The highest BCUT2D eigenvalue weighted by Gasteiger charge is 2.76. The van der Waals surface area contributed by atoms with E-state index < -0.39 is 70.8 Å². The number of carbonyl (C=O) groups is 4. The molecule has 11 nitrogen and oxygen atoms in total. The second-order valence-electron chi connectivity index (χ2n) is 13.7. The molecule has 0 radical (unpaired) electrons. The highest BCUT2D eigenvalue weighted by molar-refractivity contribution is 5.70. The molecule has 238 valence electrons. The molecule has 4 saturated carbocycles. The average molecular weight is 597 g/mol. The number of carbonyl (C=O) groups excluding carboxylic acids is 4. The Kier molecular flexibility index (Phi) is 9.09. The van der Waals surface area contributed by atoms with Crippen LogP contribution in [0.15, 0.2) is 0 Å². The Hall–Kier alpha value is -2.24. The van der Waals surface area contributed by atoms with Gasteiger partial charge in [0.25, 0.3) is 0 Å². The van der Waals surface area contributed by atoms with Crippen LogP contribution in [-0.2, 0) is 38.1 Å². The van der Waals surface area contributed by atoms with Crippen molar-refractivity contribution in [1.29, 1.82) is 0 Å². The van der Waals surface area contributed by atoms with Gasteiger partial charge in [0.2, 0.25) is 6.10 Å². The first-order valence-corrected chi connectivity index (χ1v) is 15.2. The SMILES string of the molecule is COC(=O)CCC(C)C1CCC2C3C(O)CC4CC(O)C(OC(C)=O)C(OC(C)=O)(OC(C)=O)C4(C)C3CC(O)C12C. The molecule has 0 amide bonds. The van der Waals surface area contributed by atoms with Crippen molar-refractivity contribution in [3.8, 4) is 0 Å². The van der Waals surface area contributed by atoms with E-state index >= 15 is 0 Å². The van der Waals surface area contributed by atoms with Crippen LogP contribution in [0.5, 0.6) is 0 Å². The second-order valence-corrected chi connectivity index (χ2v) is 13.7. The number of ether oxygens (including phenoxy) is 4. The van der Waals surface area contributed by atoms with Crippen molar-refractivity contribution in [2.24, 2.45) is 46.3 Å². The Morgan fingerprint density at radius 2 is 1.45 bits per heavy atom. The topological polar surface area (TPSA) is 166 Å². The molecule has 0 aromatic carbocycles. The van der Waals surface area contributed by atoms with Gasteiger partial charge in [-0.2, -0.15) is 0 Å². The number of aliphatic hydroxyl groups is 3. The lowest BCUT2D eigenvalue weighted by Gasteiger charge is -2.67. The van der Waals surface area contributed by atoms with Crippen molar-refractivity contribution < 1.29 is 53.4 Å². The lowest BCUT2D eigenvalue weighted by atomic mass is 9.41. The van der Waals surface area contributed by atoms with Gasteiger partial charge in [-0.15, -0.1) is 0 Å². The fourth-order valence-electron chi connectivity index (χ4n) is 9.99. The Bertz CT molecular complexity index is 1060. The fraction of sp³-hybridized carbons (Fsp3) is 0.871. The normalized spacial score (nSPS) is 42.7. The van der Waals surface area contributed by atoms with Gasteiger partial charge in [0, 0.05) is 27.2 Å². The summed E-state index contributed by atoms with van der Waals surface area (Å²) in [6, 6.07) is 0. The summed E-state index contributed by atoms with van der Waals surface area (Å²) in [5.74, 6) is -6.01. The third kappa shape index (κ3) is 5.03. The molecule has 12 atom stereocenters. The van der Waals surface area contributed by atoms with Crippen LogP contribution >= 0.6 is 0 Å². The van der Waals surface area contributed by atoms with Crippen LogP contribution in [0.25, 0.3) is 0 Å². The molecule has 0 heterocycles. The zero-order chi connectivity index (χ0) is 31.4. The maximum Gasteiger partial charge on any atom is 0.306 e. The number of fused-ring (bicyclic) bond motifs is 5. The van der Waals surface area contributed by atoms with Gasteiger partial charge in [-0.1, -0.05) is 20.8 Å². The van der Waals surface area contributed by atoms with Crippen LogP contribution in [0.3, 0.4) is 0 Å². The number of aliphatic hydroxyl groups excluding tert-OH is 3. The zero-order valence-corrected chi connectivity index (χ0v) is 25.8. The van der Waals surface area contributed by atoms with E-state index in [1.165, 1.54) is 7.11 Å². The summed E-state index contributed by atoms with van der Waals surface area (Å²) in [6.07, 6.45) is -1.39. The molecule has 0 bridgehead atoms. The summed E-state index contributed by atoms with van der Waals surface area (Å²) in [7, 11) is 1.37. The number of esters is 4. The minimum absolute atomic E-state index is 0.0921. The molecular weight excluding hydrogens is 548 g/mol.